The number of carbonyl (C=O) groups is 4. The van der Waals surface area contributed by atoms with Crippen molar-refractivity contribution < 1.29 is 19.2 Å². The summed E-state index contributed by atoms with van der Waals surface area (Å²) in [4.78, 5) is 63.8. The van der Waals surface area contributed by atoms with Crippen LogP contribution in [0.5, 0.6) is 0 Å². The van der Waals surface area contributed by atoms with Crippen molar-refractivity contribution in [1.29, 1.82) is 0 Å². The van der Waals surface area contributed by atoms with Crippen molar-refractivity contribution in [2.45, 2.75) is 26.7 Å². The van der Waals surface area contributed by atoms with Gasteiger partial charge in [-0.2, -0.15) is 0 Å². The molecule has 45 heavy (non-hydrogen) atoms. The summed E-state index contributed by atoms with van der Waals surface area (Å²) >= 11 is 0. The Kier molecular flexibility index (Phi) is 14.3. The van der Waals surface area contributed by atoms with E-state index >= 15 is 0 Å². The molecule has 3 aromatic rings. The van der Waals surface area contributed by atoms with E-state index in [0.29, 0.717) is 63.5 Å². The van der Waals surface area contributed by atoms with Crippen molar-refractivity contribution in [2.75, 3.05) is 52.4 Å². The Balaban J connectivity index is 0.00000235. The quantitative estimate of drug-likeness (QED) is 0.379. The molecule has 2 saturated heterocycles. The van der Waals surface area contributed by atoms with Gasteiger partial charge in [-0.1, -0.05) is 44.2 Å². The summed E-state index contributed by atoms with van der Waals surface area (Å²) < 4.78 is 0. The molecule has 0 aliphatic carbocycles. The van der Waals surface area contributed by atoms with Gasteiger partial charge in [-0.05, 0) is 60.4 Å². The summed E-state index contributed by atoms with van der Waals surface area (Å²) in [6.07, 6.45) is 1.73. The third-order valence-electron chi connectivity index (χ3n) is 8.06. The average Bonchev–Trinajstić information content (AvgIpc) is 3.07. The molecule has 2 aromatic carbocycles. The normalized spacial score (nSPS) is 14.4. The number of benzene rings is 2. The molecular formula is C33H40Cl3N5O4. The van der Waals surface area contributed by atoms with E-state index in [1.165, 1.54) is 0 Å². The van der Waals surface area contributed by atoms with Gasteiger partial charge in [-0.25, -0.2) is 4.98 Å². The number of aryl methyl sites for hydroxylation is 2. The fraction of sp³-hybridized carbons (Fsp3) is 0.364. The molecule has 9 nitrogen and oxygen atoms in total. The van der Waals surface area contributed by atoms with Crippen LogP contribution >= 0.6 is 37.2 Å². The summed E-state index contributed by atoms with van der Waals surface area (Å²) in [5.41, 5.74) is 3.98. The fourth-order valence-corrected chi connectivity index (χ4v) is 5.44. The van der Waals surface area contributed by atoms with Crippen molar-refractivity contribution in [2.24, 2.45) is 0 Å². The third kappa shape index (κ3) is 8.75. The topological polar surface area (TPSA) is 94.1 Å². The number of rotatable bonds is 6. The summed E-state index contributed by atoms with van der Waals surface area (Å²) in [5, 5.41) is 0. The molecule has 0 radical (unpaired) electrons. The van der Waals surface area contributed by atoms with E-state index in [4.69, 9.17) is 0 Å². The van der Waals surface area contributed by atoms with Crippen LogP contribution in [0.15, 0.2) is 66.7 Å². The zero-order valence-electron chi connectivity index (χ0n) is 25.5. The highest BCUT2D eigenvalue weighted by molar-refractivity contribution is 5.98. The molecule has 0 unspecified atom stereocenters. The van der Waals surface area contributed by atoms with E-state index in [9.17, 15) is 19.2 Å². The lowest BCUT2D eigenvalue weighted by Gasteiger charge is -2.35. The molecule has 2 aliphatic heterocycles. The number of hydrogen-bond acceptors (Lipinski definition) is 5. The van der Waals surface area contributed by atoms with Gasteiger partial charge >= 0.3 is 0 Å². The molecule has 1 aromatic heterocycles. The molecule has 0 bridgehead atoms. The van der Waals surface area contributed by atoms with Gasteiger partial charge in [0.2, 0.25) is 0 Å². The van der Waals surface area contributed by atoms with Crippen molar-refractivity contribution in [3.05, 3.63) is 100 Å². The van der Waals surface area contributed by atoms with E-state index in [0.717, 1.165) is 24.0 Å². The summed E-state index contributed by atoms with van der Waals surface area (Å²) in [6.45, 7) is 7.45. The highest BCUT2D eigenvalue weighted by Gasteiger charge is 2.29. The van der Waals surface area contributed by atoms with Crippen LogP contribution in [0.2, 0.25) is 0 Å². The van der Waals surface area contributed by atoms with E-state index in [-0.39, 0.29) is 72.2 Å². The molecule has 0 atom stereocenters. The van der Waals surface area contributed by atoms with Crippen LogP contribution in [0, 0.1) is 0 Å². The lowest BCUT2D eigenvalue weighted by atomic mass is 10.1. The molecule has 0 spiro atoms. The monoisotopic (exact) mass is 675 g/mol. The van der Waals surface area contributed by atoms with Crippen molar-refractivity contribution in [1.82, 2.24) is 24.6 Å². The Labute approximate surface area is 283 Å². The highest BCUT2D eigenvalue weighted by Crippen LogP contribution is 2.16. The van der Waals surface area contributed by atoms with E-state index in [2.05, 4.69) is 18.8 Å². The van der Waals surface area contributed by atoms with Gasteiger partial charge in [0.15, 0.2) is 0 Å². The molecule has 5 rings (SSSR count). The van der Waals surface area contributed by atoms with Gasteiger partial charge < -0.3 is 19.6 Å². The van der Waals surface area contributed by atoms with Crippen LogP contribution in [0.1, 0.15) is 66.7 Å². The highest BCUT2D eigenvalue weighted by atomic mass is 35.5. The maximum Gasteiger partial charge on any atom is 0.272 e. The number of pyridine rings is 1. The summed E-state index contributed by atoms with van der Waals surface area (Å²) in [6, 6.07) is 20.2. The van der Waals surface area contributed by atoms with Gasteiger partial charge in [0.25, 0.3) is 23.6 Å². The first-order valence-electron chi connectivity index (χ1n) is 14.7. The third-order valence-corrected chi connectivity index (χ3v) is 8.06. The second kappa shape index (κ2) is 17.1. The smallest absolute Gasteiger partial charge is 0.272 e. The first kappa shape index (κ1) is 37.5. The standard InChI is InChI=1S/C33H37N5O4.3ClH/c1-3-24-8-5-10-26(22-24)30(39)35-14-18-37(19-15-35)32(41)28-12-7-13-29(34-28)33(42)38-20-16-36(17-21-38)31(40)27-11-6-9-25(4-2)23-27;;;/h5-13,22-23H,3-4,14-21H2,1-2H3;3*1H. The molecular weight excluding hydrogens is 637 g/mol. The number of halogens is 3. The van der Waals surface area contributed by atoms with Crippen molar-refractivity contribution >= 4 is 60.8 Å². The number of carbonyl (C=O) groups excluding carboxylic acids is 4. The van der Waals surface area contributed by atoms with Crippen LogP contribution in [-0.4, -0.2) is 101 Å². The second-order valence-electron chi connectivity index (χ2n) is 10.7. The van der Waals surface area contributed by atoms with Crippen LogP contribution in [0.3, 0.4) is 0 Å². The molecule has 3 heterocycles. The van der Waals surface area contributed by atoms with Crippen LogP contribution in [0.25, 0.3) is 0 Å². The molecule has 4 amide bonds. The van der Waals surface area contributed by atoms with Crippen LogP contribution < -0.4 is 0 Å². The molecule has 2 aliphatic rings. The SMILES string of the molecule is CCc1cccc(C(=O)N2CCN(C(=O)c3cccc(C(=O)N4CCN(C(=O)c5cccc(CC)c5)CC4)n3)CC2)c1.Cl.Cl.Cl. The van der Waals surface area contributed by atoms with Crippen molar-refractivity contribution in [3.8, 4) is 0 Å². The predicted octanol–water partition coefficient (Wildman–Crippen LogP) is 4.67. The lowest BCUT2D eigenvalue weighted by Crippen LogP contribution is -2.51. The van der Waals surface area contributed by atoms with Crippen LogP contribution in [-0.2, 0) is 12.8 Å². The van der Waals surface area contributed by atoms with Crippen LogP contribution in [0.4, 0.5) is 0 Å². The number of nitrogens with zero attached hydrogens (tertiary/aromatic N) is 5. The fourth-order valence-electron chi connectivity index (χ4n) is 5.44. The summed E-state index contributed by atoms with van der Waals surface area (Å²) in [5.74, 6) is -0.567. The zero-order chi connectivity index (χ0) is 29.6. The van der Waals surface area contributed by atoms with E-state index in [1.807, 2.05) is 48.5 Å². The maximum absolute atomic E-state index is 13.3. The Morgan fingerprint density at radius 3 is 1.16 bits per heavy atom. The summed E-state index contributed by atoms with van der Waals surface area (Å²) in [7, 11) is 0. The van der Waals surface area contributed by atoms with E-state index < -0.39 is 0 Å². The Bertz CT molecular complexity index is 1380. The largest absolute Gasteiger partial charge is 0.335 e. The van der Waals surface area contributed by atoms with Gasteiger partial charge in [0.05, 0.1) is 0 Å². The maximum atomic E-state index is 13.3. The van der Waals surface area contributed by atoms with Gasteiger partial charge in [0, 0.05) is 63.5 Å². The van der Waals surface area contributed by atoms with Gasteiger partial charge in [-0.15, -0.1) is 37.2 Å². The first-order valence-corrected chi connectivity index (χ1v) is 14.7. The molecule has 0 N–H and O–H groups in total. The van der Waals surface area contributed by atoms with E-state index in [1.54, 1.807) is 37.8 Å². The minimum Gasteiger partial charge on any atom is -0.335 e. The molecule has 12 heteroatoms. The lowest BCUT2D eigenvalue weighted by molar-refractivity contribution is 0.0524. The molecule has 242 valence electrons. The Morgan fingerprint density at radius 2 is 0.822 bits per heavy atom. The molecule has 0 saturated carbocycles. The number of piperazine rings is 2. The van der Waals surface area contributed by atoms with Gasteiger partial charge in [0.1, 0.15) is 11.4 Å². The minimum atomic E-state index is -0.255. The molecule has 2 fully saturated rings. The number of amides is 4. The average molecular weight is 677 g/mol. The van der Waals surface area contributed by atoms with Gasteiger partial charge in [-0.3, -0.25) is 19.2 Å². The zero-order valence-corrected chi connectivity index (χ0v) is 28.0. The Morgan fingerprint density at radius 1 is 0.511 bits per heavy atom. The minimum absolute atomic E-state index is 0. The first-order chi connectivity index (χ1) is 20.4. The second-order valence-corrected chi connectivity index (χ2v) is 10.7. The Hall–Kier alpha value is -3.66. The van der Waals surface area contributed by atoms with Crippen molar-refractivity contribution in [3.63, 3.8) is 0 Å². The number of hydrogen-bond donors (Lipinski definition) is 0. The number of aromatic nitrogens is 1. The predicted molar refractivity (Wildman–Crippen MR) is 181 cm³/mol.